The minimum Gasteiger partial charge on any atom is -0.449 e. The van der Waals surface area contributed by atoms with Gasteiger partial charge in [-0.25, -0.2) is 27.6 Å². The number of carbonyl (C=O) groups excluding carboxylic acids is 3. The van der Waals surface area contributed by atoms with Crippen LogP contribution in [0.15, 0.2) is 54.6 Å². The number of para-hydroxylation sites is 1. The van der Waals surface area contributed by atoms with Crippen LogP contribution in [0.1, 0.15) is 0 Å². The Hall–Kier alpha value is -3.73. The highest BCUT2D eigenvalue weighted by Crippen LogP contribution is 2.29. The Labute approximate surface area is 151 Å². The number of rotatable bonds is 2. The van der Waals surface area contributed by atoms with Gasteiger partial charge in [0.25, 0.3) is 0 Å². The Bertz CT molecular complexity index is 995. The summed E-state index contributed by atoms with van der Waals surface area (Å²) >= 11 is 0. The van der Waals surface area contributed by atoms with Crippen molar-refractivity contribution in [3.05, 3.63) is 54.6 Å². The first kappa shape index (κ1) is 19.6. The quantitative estimate of drug-likeness (QED) is 0.457. The molecule has 0 heterocycles. The molecule has 0 aromatic heterocycles. The number of carbonyl (C=O) groups is 4. The molecule has 0 radical (unpaired) electrons. The molecule has 0 bridgehead atoms. The van der Waals surface area contributed by atoms with Crippen molar-refractivity contribution in [2.75, 3.05) is 0 Å². The van der Waals surface area contributed by atoms with Gasteiger partial charge in [-0.15, -0.1) is 0 Å². The van der Waals surface area contributed by atoms with Crippen molar-refractivity contribution in [2.45, 2.75) is 0 Å². The second kappa shape index (κ2) is 8.10. The van der Waals surface area contributed by atoms with E-state index < -0.39 is 32.8 Å². The number of carboxylic acid groups (broad SMARTS) is 1. The molecule has 0 aliphatic heterocycles. The Morgan fingerprint density at radius 2 is 1.33 bits per heavy atom. The molecule has 11 heteroatoms. The normalized spacial score (nSPS) is 10.5. The average molecular weight is 394 g/mol. The lowest BCUT2D eigenvalue weighted by molar-refractivity contribution is 0.120. The van der Waals surface area contributed by atoms with Crippen molar-refractivity contribution in [2.24, 2.45) is 0 Å². The smallest absolute Gasteiger partial charge is 0.449 e. The van der Waals surface area contributed by atoms with Crippen LogP contribution in [0.25, 0.3) is 11.1 Å². The van der Waals surface area contributed by atoms with Crippen LogP contribution >= 0.6 is 0 Å². The van der Waals surface area contributed by atoms with Gasteiger partial charge in [-0.3, -0.25) is 0 Å². The third-order valence-corrected chi connectivity index (χ3v) is 3.99. The maximum atomic E-state index is 11.7. The highest BCUT2D eigenvalue weighted by atomic mass is 32.2. The van der Waals surface area contributed by atoms with Gasteiger partial charge in [0.1, 0.15) is 5.75 Å². The SMILES string of the molecule is O=C(O)OC(=O)S(=O)(=O)C(=O)OC(=O)Oc1ccccc1-c1ccccc1. The molecule has 0 atom stereocenters. The molecule has 0 fully saturated rings. The lowest BCUT2D eigenvalue weighted by Crippen LogP contribution is -2.29. The summed E-state index contributed by atoms with van der Waals surface area (Å²) in [6.45, 7) is 0. The topological polar surface area (TPSA) is 150 Å². The van der Waals surface area contributed by atoms with E-state index in [-0.39, 0.29) is 5.75 Å². The first-order valence-electron chi connectivity index (χ1n) is 6.99. The van der Waals surface area contributed by atoms with Crippen LogP contribution in [0.3, 0.4) is 0 Å². The molecule has 27 heavy (non-hydrogen) atoms. The van der Waals surface area contributed by atoms with Gasteiger partial charge in [0, 0.05) is 5.56 Å². The van der Waals surface area contributed by atoms with Gasteiger partial charge >= 0.3 is 32.8 Å². The summed E-state index contributed by atoms with van der Waals surface area (Å²) in [5.41, 5.74) is 1.10. The van der Waals surface area contributed by atoms with E-state index in [0.29, 0.717) is 11.1 Å². The zero-order valence-corrected chi connectivity index (χ0v) is 14.0. The summed E-state index contributed by atoms with van der Waals surface area (Å²) in [6, 6.07) is 14.8. The van der Waals surface area contributed by atoms with Crippen LogP contribution < -0.4 is 4.74 Å². The van der Waals surface area contributed by atoms with E-state index >= 15 is 0 Å². The van der Waals surface area contributed by atoms with Crippen LogP contribution in [0.5, 0.6) is 5.75 Å². The Morgan fingerprint density at radius 3 is 1.96 bits per heavy atom. The fourth-order valence-electron chi connectivity index (χ4n) is 1.84. The third-order valence-electron chi connectivity index (χ3n) is 2.94. The van der Waals surface area contributed by atoms with Crippen LogP contribution in [0.4, 0.5) is 19.2 Å². The molecule has 0 saturated carbocycles. The van der Waals surface area contributed by atoms with E-state index in [1.165, 1.54) is 12.1 Å². The molecule has 1 N–H and O–H groups in total. The van der Waals surface area contributed by atoms with E-state index in [2.05, 4.69) is 9.47 Å². The lowest BCUT2D eigenvalue weighted by atomic mass is 10.1. The van der Waals surface area contributed by atoms with E-state index in [1.807, 2.05) is 0 Å². The monoisotopic (exact) mass is 394 g/mol. The zero-order valence-electron chi connectivity index (χ0n) is 13.2. The maximum Gasteiger partial charge on any atom is 0.522 e. The van der Waals surface area contributed by atoms with E-state index in [1.54, 1.807) is 42.5 Å². The molecule has 2 aromatic rings. The standard InChI is InChI=1S/C16H10O10S/c17-13(18)25-15(20)27(22,23)16(21)26-14(19)24-12-9-5-4-8-11(12)10-6-2-1-3-7-10/h1-9H,(H,17,18). The van der Waals surface area contributed by atoms with Crippen LogP contribution in [-0.4, -0.2) is 36.4 Å². The third kappa shape index (κ3) is 4.89. The number of hydrogen-bond donors (Lipinski definition) is 1. The summed E-state index contributed by atoms with van der Waals surface area (Å²) < 4.78 is 34.9. The highest BCUT2D eigenvalue weighted by Gasteiger charge is 2.39. The first-order valence-corrected chi connectivity index (χ1v) is 8.48. The summed E-state index contributed by atoms with van der Waals surface area (Å²) in [5, 5.41) is 3.45. The van der Waals surface area contributed by atoms with Crippen LogP contribution in [0, 0.1) is 0 Å². The summed E-state index contributed by atoms with van der Waals surface area (Å²) in [7, 11) is -5.49. The molecule has 0 unspecified atom stereocenters. The maximum absolute atomic E-state index is 11.7. The fourth-order valence-corrected chi connectivity index (χ4v) is 2.33. The molecule has 0 amide bonds. The van der Waals surface area contributed by atoms with Gasteiger partial charge in [-0.2, -0.15) is 0 Å². The molecule has 0 aliphatic rings. The molecule has 10 nitrogen and oxygen atoms in total. The minimum atomic E-state index is -5.49. The summed E-state index contributed by atoms with van der Waals surface area (Å²) in [5.74, 6) is -0.0491. The van der Waals surface area contributed by atoms with E-state index in [9.17, 15) is 27.6 Å². The van der Waals surface area contributed by atoms with Gasteiger partial charge in [0.2, 0.25) is 0 Å². The highest BCUT2D eigenvalue weighted by molar-refractivity contribution is 8.18. The predicted octanol–water partition coefficient (Wildman–Crippen LogP) is 3.22. The van der Waals surface area contributed by atoms with Crippen molar-refractivity contribution in [1.29, 1.82) is 0 Å². The van der Waals surface area contributed by atoms with Gasteiger partial charge in [-0.05, 0) is 11.6 Å². The Balaban J connectivity index is 2.14. The van der Waals surface area contributed by atoms with E-state index in [4.69, 9.17) is 9.84 Å². The Morgan fingerprint density at radius 1 is 0.778 bits per heavy atom. The zero-order chi connectivity index (χ0) is 20.0. The minimum absolute atomic E-state index is 0.0491. The van der Waals surface area contributed by atoms with Gasteiger partial charge in [0.05, 0.1) is 0 Å². The van der Waals surface area contributed by atoms with Crippen molar-refractivity contribution in [3.8, 4) is 16.9 Å². The molecule has 0 spiro atoms. The van der Waals surface area contributed by atoms with Gasteiger partial charge in [0.15, 0.2) is 0 Å². The summed E-state index contributed by atoms with van der Waals surface area (Å²) in [6.07, 6.45) is -3.99. The molecule has 140 valence electrons. The van der Waals surface area contributed by atoms with Crippen LogP contribution in [0.2, 0.25) is 0 Å². The lowest BCUT2D eigenvalue weighted by Gasteiger charge is -2.09. The van der Waals surface area contributed by atoms with Gasteiger partial charge in [-0.1, -0.05) is 48.5 Å². The Kier molecular flexibility index (Phi) is 5.88. The first-order chi connectivity index (χ1) is 12.7. The number of sulfone groups is 1. The van der Waals surface area contributed by atoms with Crippen molar-refractivity contribution in [1.82, 2.24) is 0 Å². The average Bonchev–Trinajstić information content (AvgIpc) is 2.62. The van der Waals surface area contributed by atoms with Gasteiger partial charge < -0.3 is 19.3 Å². The largest absolute Gasteiger partial charge is 0.522 e. The van der Waals surface area contributed by atoms with Crippen molar-refractivity contribution < 1.29 is 46.9 Å². The second-order valence-electron chi connectivity index (χ2n) is 4.69. The van der Waals surface area contributed by atoms with Crippen molar-refractivity contribution >= 4 is 32.8 Å². The fraction of sp³-hybridized carbons (Fsp3) is 0. The van der Waals surface area contributed by atoms with Crippen molar-refractivity contribution in [3.63, 3.8) is 0 Å². The molecule has 0 aliphatic carbocycles. The number of ether oxygens (including phenoxy) is 3. The molecular weight excluding hydrogens is 384 g/mol. The number of hydrogen-bond acceptors (Lipinski definition) is 9. The van der Waals surface area contributed by atoms with E-state index in [0.717, 1.165) is 0 Å². The van der Waals surface area contributed by atoms with Crippen LogP contribution in [-0.2, 0) is 19.3 Å². The number of benzene rings is 2. The molecule has 0 saturated heterocycles. The predicted molar refractivity (Wildman–Crippen MR) is 87.8 cm³/mol. The summed E-state index contributed by atoms with van der Waals surface area (Å²) in [4.78, 5) is 44.4. The molecule has 2 rings (SSSR count). The second-order valence-corrected chi connectivity index (χ2v) is 6.36. The molecule has 2 aromatic carbocycles. The molecular formula is C16H10O10S.